The summed E-state index contributed by atoms with van der Waals surface area (Å²) in [7, 11) is 0. The first-order valence-corrected chi connectivity index (χ1v) is 5.94. The van der Waals surface area contributed by atoms with Gasteiger partial charge in [0, 0.05) is 12.5 Å². The molecule has 5 heteroatoms. The molecule has 0 bridgehead atoms. The van der Waals surface area contributed by atoms with E-state index in [1.165, 1.54) is 0 Å². The van der Waals surface area contributed by atoms with Crippen molar-refractivity contribution in [1.82, 2.24) is 0 Å². The maximum Gasteiger partial charge on any atom is 0.150 e. The van der Waals surface area contributed by atoms with Crippen LogP contribution in [-0.4, -0.2) is 0 Å². The molecule has 0 amide bonds. The Bertz CT molecular complexity index is 531. The van der Waals surface area contributed by atoms with E-state index in [1.54, 1.807) is 6.07 Å². The van der Waals surface area contributed by atoms with E-state index in [4.69, 9.17) is 16.0 Å². The summed E-state index contributed by atoms with van der Waals surface area (Å²) >= 11 is 5.76. The normalized spacial score (nSPS) is 10.7. The van der Waals surface area contributed by atoms with Gasteiger partial charge in [-0.15, -0.1) is 0 Å². The molecule has 2 rings (SSSR count). The summed E-state index contributed by atoms with van der Waals surface area (Å²) in [6.45, 7) is 2.27. The predicted octanol–water partition coefficient (Wildman–Crippen LogP) is 4.39. The fourth-order valence-corrected chi connectivity index (χ4v) is 1.86. The van der Waals surface area contributed by atoms with Gasteiger partial charge in [0.15, 0.2) is 5.82 Å². The number of furan rings is 1. The number of benzene rings is 1. The van der Waals surface area contributed by atoms with Crippen LogP contribution in [0.1, 0.15) is 18.4 Å². The van der Waals surface area contributed by atoms with E-state index in [0.717, 1.165) is 24.3 Å². The molecule has 1 heterocycles. The second kappa shape index (κ2) is 5.40. The van der Waals surface area contributed by atoms with Crippen molar-refractivity contribution in [3.8, 4) is 0 Å². The molecule has 0 radical (unpaired) electrons. The van der Waals surface area contributed by atoms with E-state index in [2.05, 4.69) is 5.32 Å². The fraction of sp³-hybridized carbons (Fsp3) is 0.231. The zero-order valence-electron chi connectivity index (χ0n) is 9.77. The van der Waals surface area contributed by atoms with Crippen LogP contribution in [0.2, 0.25) is 5.02 Å². The lowest BCUT2D eigenvalue weighted by molar-refractivity contribution is 0.475. The number of anilines is 1. The summed E-state index contributed by atoms with van der Waals surface area (Å²) in [5.41, 5.74) is 0.0764. The van der Waals surface area contributed by atoms with Gasteiger partial charge in [0.1, 0.15) is 17.3 Å². The summed E-state index contributed by atoms with van der Waals surface area (Å²) in [5.74, 6) is 0.112. The topological polar surface area (TPSA) is 25.2 Å². The summed E-state index contributed by atoms with van der Waals surface area (Å²) in [5, 5.41) is 2.80. The predicted molar refractivity (Wildman–Crippen MR) is 66.8 cm³/mol. The Morgan fingerprint density at radius 1 is 1.22 bits per heavy atom. The van der Waals surface area contributed by atoms with Gasteiger partial charge in [-0.05, 0) is 18.2 Å². The third-order valence-corrected chi connectivity index (χ3v) is 2.81. The SMILES string of the molecule is CCc1ccc(CNc2c(F)cc(F)cc2Cl)o1. The minimum absolute atomic E-state index is 0.00905. The lowest BCUT2D eigenvalue weighted by Gasteiger charge is -2.08. The van der Waals surface area contributed by atoms with Crippen LogP contribution in [0.5, 0.6) is 0 Å². The molecular weight excluding hydrogens is 260 g/mol. The first-order valence-electron chi connectivity index (χ1n) is 5.56. The van der Waals surface area contributed by atoms with Gasteiger partial charge in [-0.25, -0.2) is 8.78 Å². The van der Waals surface area contributed by atoms with Crippen molar-refractivity contribution in [1.29, 1.82) is 0 Å². The average molecular weight is 272 g/mol. The van der Waals surface area contributed by atoms with Crippen molar-refractivity contribution < 1.29 is 13.2 Å². The molecular formula is C13H12ClF2NO. The van der Waals surface area contributed by atoms with Gasteiger partial charge < -0.3 is 9.73 Å². The Hall–Kier alpha value is -1.55. The lowest BCUT2D eigenvalue weighted by Crippen LogP contribution is -2.02. The molecule has 0 fully saturated rings. The Balaban J connectivity index is 2.10. The highest BCUT2D eigenvalue weighted by molar-refractivity contribution is 6.33. The van der Waals surface area contributed by atoms with E-state index in [0.29, 0.717) is 12.3 Å². The first-order chi connectivity index (χ1) is 8.60. The minimum Gasteiger partial charge on any atom is -0.464 e. The van der Waals surface area contributed by atoms with Crippen molar-refractivity contribution in [3.05, 3.63) is 52.4 Å². The van der Waals surface area contributed by atoms with E-state index in [-0.39, 0.29) is 10.7 Å². The fourth-order valence-electron chi connectivity index (χ4n) is 1.59. The van der Waals surface area contributed by atoms with Gasteiger partial charge in [-0.1, -0.05) is 18.5 Å². The Morgan fingerprint density at radius 3 is 2.56 bits per heavy atom. The minimum atomic E-state index is -0.720. The molecule has 0 saturated carbocycles. The standard InChI is InChI=1S/C13H12ClF2NO/c1-2-9-3-4-10(18-9)7-17-13-11(14)5-8(15)6-12(13)16/h3-6,17H,2,7H2,1H3. The van der Waals surface area contributed by atoms with E-state index in [9.17, 15) is 8.78 Å². The van der Waals surface area contributed by atoms with Crippen molar-refractivity contribution >= 4 is 17.3 Å². The highest BCUT2D eigenvalue weighted by atomic mass is 35.5. The van der Waals surface area contributed by atoms with Crippen molar-refractivity contribution in [2.75, 3.05) is 5.32 Å². The maximum absolute atomic E-state index is 13.5. The molecule has 1 aromatic heterocycles. The van der Waals surface area contributed by atoms with Gasteiger partial charge in [0.25, 0.3) is 0 Å². The molecule has 0 aliphatic rings. The van der Waals surface area contributed by atoms with Crippen LogP contribution >= 0.6 is 11.6 Å². The second-order valence-corrected chi connectivity index (χ2v) is 4.23. The van der Waals surface area contributed by atoms with Crippen LogP contribution < -0.4 is 5.32 Å². The van der Waals surface area contributed by atoms with E-state index < -0.39 is 11.6 Å². The molecule has 0 atom stereocenters. The molecule has 96 valence electrons. The molecule has 0 saturated heterocycles. The maximum atomic E-state index is 13.5. The number of rotatable bonds is 4. The largest absolute Gasteiger partial charge is 0.464 e. The van der Waals surface area contributed by atoms with Crippen LogP contribution in [0.25, 0.3) is 0 Å². The molecule has 0 aliphatic heterocycles. The summed E-state index contributed by atoms with van der Waals surface area (Å²) in [4.78, 5) is 0. The average Bonchev–Trinajstić information content (AvgIpc) is 2.75. The highest BCUT2D eigenvalue weighted by Gasteiger charge is 2.10. The molecule has 0 spiro atoms. The third kappa shape index (κ3) is 2.82. The lowest BCUT2D eigenvalue weighted by atomic mass is 10.3. The number of nitrogens with one attached hydrogen (secondary N) is 1. The Labute approximate surface area is 109 Å². The summed E-state index contributed by atoms with van der Waals surface area (Å²) < 4.78 is 31.8. The molecule has 18 heavy (non-hydrogen) atoms. The number of hydrogen-bond acceptors (Lipinski definition) is 2. The molecule has 0 unspecified atom stereocenters. The Morgan fingerprint density at radius 2 is 1.94 bits per heavy atom. The van der Waals surface area contributed by atoms with Crippen molar-refractivity contribution in [2.24, 2.45) is 0 Å². The quantitative estimate of drug-likeness (QED) is 0.892. The van der Waals surface area contributed by atoms with Crippen LogP contribution in [0, 0.1) is 11.6 Å². The van der Waals surface area contributed by atoms with Gasteiger partial charge >= 0.3 is 0 Å². The first kappa shape index (κ1) is 12.9. The van der Waals surface area contributed by atoms with Gasteiger partial charge in [0.05, 0.1) is 17.3 Å². The van der Waals surface area contributed by atoms with Crippen LogP contribution in [0.15, 0.2) is 28.7 Å². The second-order valence-electron chi connectivity index (χ2n) is 3.82. The van der Waals surface area contributed by atoms with E-state index in [1.807, 2.05) is 13.0 Å². The van der Waals surface area contributed by atoms with E-state index >= 15 is 0 Å². The van der Waals surface area contributed by atoms with Crippen LogP contribution in [0.4, 0.5) is 14.5 Å². The smallest absolute Gasteiger partial charge is 0.150 e. The number of aryl methyl sites for hydroxylation is 1. The summed E-state index contributed by atoms with van der Waals surface area (Å²) in [6.07, 6.45) is 0.797. The molecule has 0 aliphatic carbocycles. The molecule has 2 aromatic rings. The Kier molecular flexibility index (Phi) is 3.87. The van der Waals surface area contributed by atoms with Crippen molar-refractivity contribution in [2.45, 2.75) is 19.9 Å². The number of halogens is 3. The van der Waals surface area contributed by atoms with Gasteiger partial charge in [0.2, 0.25) is 0 Å². The van der Waals surface area contributed by atoms with Gasteiger partial charge in [-0.3, -0.25) is 0 Å². The zero-order chi connectivity index (χ0) is 13.1. The van der Waals surface area contributed by atoms with Crippen LogP contribution in [0.3, 0.4) is 0 Å². The zero-order valence-corrected chi connectivity index (χ0v) is 10.5. The third-order valence-electron chi connectivity index (χ3n) is 2.51. The van der Waals surface area contributed by atoms with Gasteiger partial charge in [-0.2, -0.15) is 0 Å². The monoisotopic (exact) mass is 271 g/mol. The molecule has 2 nitrogen and oxygen atoms in total. The summed E-state index contributed by atoms with van der Waals surface area (Å²) in [6, 6.07) is 5.52. The highest BCUT2D eigenvalue weighted by Crippen LogP contribution is 2.27. The van der Waals surface area contributed by atoms with Crippen LogP contribution in [-0.2, 0) is 13.0 Å². The molecule has 1 N–H and O–H groups in total. The number of hydrogen-bond donors (Lipinski definition) is 1. The van der Waals surface area contributed by atoms with Crippen molar-refractivity contribution in [3.63, 3.8) is 0 Å². The molecule has 1 aromatic carbocycles.